The highest BCUT2D eigenvalue weighted by Gasteiger charge is 2.42. The Morgan fingerprint density at radius 2 is 1.88 bits per heavy atom. The number of carbonyl (C=O) groups excluding carboxylic acids is 1. The smallest absolute Gasteiger partial charge is 0.412 e. The second-order valence-corrected chi connectivity index (χ2v) is 5.12. The molecule has 0 radical (unpaired) electrons. The van der Waals surface area contributed by atoms with Crippen LogP contribution in [-0.4, -0.2) is 24.2 Å². The standard InChI is InChI=1S/C16H15F3N2O3/c1-9-7-13(22)12(8-20-9)15(23)21-14(16(17,18)19)10-3-5-11(24-2)6-4-10/h3-8,14H,1-2H3,(H,20,22)(H,21,23). The van der Waals surface area contributed by atoms with Gasteiger partial charge in [0.15, 0.2) is 11.5 Å². The monoisotopic (exact) mass is 340 g/mol. The van der Waals surface area contributed by atoms with Gasteiger partial charge in [0.05, 0.1) is 7.11 Å². The van der Waals surface area contributed by atoms with Gasteiger partial charge in [0, 0.05) is 18.0 Å². The number of alkyl halides is 3. The number of H-pyrrole nitrogens is 1. The van der Waals surface area contributed by atoms with Crippen LogP contribution in [0.25, 0.3) is 0 Å². The van der Waals surface area contributed by atoms with Crippen molar-refractivity contribution in [3.8, 4) is 5.75 Å². The fourth-order valence-electron chi connectivity index (χ4n) is 2.11. The van der Waals surface area contributed by atoms with Crippen LogP contribution in [-0.2, 0) is 0 Å². The van der Waals surface area contributed by atoms with E-state index in [1.807, 2.05) is 5.32 Å². The fourth-order valence-corrected chi connectivity index (χ4v) is 2.11. The number of rotatable bonds is 4. The van der Waals surface area contributed by atoms with Crippen LogP contribution in [0.4, 0.5) is 13.2 Å². The van der Waals surface area contributed by atoms with E-state index in [1.54, 1.807) is 6.92 Å². The molecule has 0 aliphatic carbocycles. The molecule has 8 heteroatoms. The minimum atomic E-state index is -4.72. The lowest BCUT2D eigenvalue weighted by Gasteiger charge is -2.22. The lowest BCUT2D eigenvalue weighted by atomic mass is 10.1. The second kappa shape index (κ2) is 6.77. The third kappa shape index (κ3) is 3.95. The minimum absolute atomic E-state index is 0.166. The topological polar surface area (TPSA) is 71.2 Å². The Kier molecular flexibility index (Phi) is 4.96. The molecule has 2 rings (SSSR count). The first-order chi connectivity index (χ1) is 11.2. The minimum Gasteiger partial charge on any atom is -0.497 e. The summed E-state index contributed by atoms with van der Waals surface area (Å²) in [6.07, 6.45) is -3.63. The average molecular weight is 340 g/mol. The van der Waals surface area contributed by atoms with Crippen LogP contribution in [0.5, 0.6) is 5.75 Å². The maximum absolute atomic E-state index is 13.3. The number of hydrogen-bond donors (Lipinski definition) is 2. The van der Waals surface area contributed by atoms with Crippen molar-refractivity contribution in [1.29, 1.82) is 0 Å². The molecule has 1 unspecified atom stereocenters. The number of amides is 1. The predicted molar refractivity (Wildman–Crippen MR) is 81.1 cm³/mol. The summed E-state index contributed by atoms with van der Waals surface area (Å²) >= 11 is 0. The zero-order valence-electron chi connectivity index (χ0n) is 12.9. The van der Waals surface area contributed by atoms with Gasteiger partial charge < -0.3 is 15.0 Å². The Hall–Kier alpha value is -2.77. The molecule has 24 heavy (non-hydrogen) atoms. The van der Waals surface area contributed by atoms with E-state index >= 15 is 0 Å². The van der Waals surface area contributed by atoms with Crippen LogP contribution in [0.2, 0.25) is 0 Å². The molecule has 0 saturated carbocycles. The molecule has 2 aromatic rings. The number of methoxy groups -OCH3 is 1. The fraction of sp³-hybridized carbons (Fsp3) is 0.250. The van der Waals surface area contributed by atoms with E-state index in [0.29, 0.717) is 11.4 Å². The van der Waals surface area contributed by atoms with Crippen LogP contribution in [0.15, 0.2) is 41.3 Å². The summed E-state index contributed by atoms with van der Waals surface area (Å²) < 4.78 is 44.8. The van der Waals surface area contributed by atoms with Gasteiger partial charge in [-0.1, -0.05) is 12.1 Å². The number of aromatic nitrogens is 1. The van der Waals surface area contributed by atoms with Gasteiger partial charge in [-0.15, -0.1) is 0 Å². The Balaban J connectivity index is 2.32. The molecule has 5 nitrogen and oxygen atoms in total. The van der Waals surface area contributed by atoms with Gasteiger partial charge in [-0.05, 0) is 24.6 Å². The van der Waals surface area contributed by atoms with Crippen molar-refractivity contribution in [3.05, 3.63) is 63.6 Å². The highest BCUT2D eigenvalue weighted by atomic mass is 19.4. The van der Waals surface area contributed by atoms with Gasteiger partial charge in [0.2, 0.25) is 0 Å². The van der Waals surface area contributed by atoms with Crippen LogP contribution in [0, 0.1) is 6.92 Å². The zero-order chi connectivity index (χ0) is 17.9. The maximum Gasteiger partial charge on any atom is 0.412 e. The molecule has 1 atom stereocenters. The SMILES string of the molecule is COc1ccc(C(NC(=O)c2c[nH]c(C)cc2=O)C(F)(F)F)cc1. The quantitative estimate of drug-likeness (QED) is 0.899. The van der Waals surface area contributed by atoms with Crippen molar-refractivity contribution >= 4 is 5.91 Å². The summed E-state index contributed by atoms with van der Waals surface area (Å²) in [4.78, 5) is 26.5. The van der Waals surface area contributed by atoms with E-state index in [0.717, 1.165) is 12.3 Å². The van der Waals surface area contributed by atoms with Gasteiger partial charge in [0.1, 0.15) is 11.3 Å². The molecule has 1 amide bonds. The molecule has 0 bridgehead atoms. The molecule has 0 aliphatic heterocycles. The number of halogens is 3. The molecular weight excluding hydrogens is 325 g/mol. The van der Waals surface area contributed by atoms with E-state index in [9.17, 15) is 22.8 Å². The van der Waals surface area contributed by atoms with Crippen molar-refractivity contribution in [2.45, 2.75) is 19.1 Å². The van der Waals surface area contributed by atoms with E-state index < -0.39 is 23.6 Å². The van der Waals surface area contributed by atoms with Gasteiger partial charge in [-0.25, -0.2) is 0 Å². The first-order valence-electron chi connectivity index (χ1n) is 6.93. The normalized spacial score (nSPS) is 12.5. The van der Waals surface area contributed by atoms with Gasteiger partial charge in [-0.3, -0.25) is 9.59 Å². The summed E-state index contributed by atoms with van der Waals surface area (Å²) in [5.41, 5.74) is -0.706. The van der Waals surface area contributed by atoms with Crippen LogP contribution >= 0.6 is 0 Å². The number of carbonyl (C=O) groups is 1. The molecule has 0 fully saturated rings. The molecule has 128 valence electrons. The number of aryl methyl sites for hydroxylation is 1. The Labute approximate surface area is 135 Å². The second-order valence-electron chi connectivity index (χ2n) is 5.12. The van der Waals surface area contributed by atoms with Crippen LogP contribution in [0.1, 0.15) is 27.7 Å². The Morgan fingerprint density at radius 1 is 1.25 bits per heavy atom. The number of aromatic amines is 1. The van der Waals surface area contributed by atoms with Crippen molar-refractivity contribution in [2.24, 2.45) is 0 Å². The average Bonchev–Trinajstić information content (AvgIpc) is 2.51. The lowest BCUT2D eigenvalue weighted by Crippen LogP contribution is -2.39. The molecule has 0 saturated heterocycles. The molecule has 1 aromatic heterocycles. The summed E-state index contributed by atoms with van der Waals surface area (Å²) in [7, 11) is 1.39. The summed E-state index contributed by atoms with van der Waals surface area (Å²) in [6.45, 7) is 1.60. The Bertz CT molecular complexity index is 782. The first kappa shape index (κ1) is 17.6. The number of benzene rings is 1. The molecule has 1 aromatic carbocycles. The molecule has 0 spiro atoms. The van der Waals surface area contributed by atoms with E-state index in [4.69, 9.17) is 4.74 Å². The number of ether oxygens (including phenoxy) is 1. The highest BCUT2D eigenvalue weighted by molar-refractivity contribution is 5.94. The van der Waals surface area contributed by atoms with Crippen molar-refractivity contribution in [2.75, 3.05) is 7.11 Å². The van der Waals surface area contributed by atoms with E-state index in [-0.39, 0.29) is 11.1 Å². The van der Waals surface area contributed by atoms with Crippen molar-refractivity contribution < 1.29 is 22.7 Å². The third-order valence-corrected chi connectivity index (χ3v) is 3.35. The largest absolute Gasteiger partial charge is 0.497 e. The third-order valence-electron chi connectivity index (χ3n) is 3.35. The summed E-state index contributed by atoms with van der Waals surface area (Å²) in [5.74, 6) is -0.713. The van der Waals surface area contributed by atoms with Gasteiger partial charge >= 0.3 is 6.18 Å². The maximum atomic E-state index is 13.3. The van der Waals surface area contributed by atoms with Gasteiger partial charge in [-0.2, -0.15) is 13.2 Å². The molecule has 0 aliphatic rings. The number of pyridine rings is 1. The van der Waals surface area contributed by atoms with E-state index in [2.05, 4.69) is 4.98 Å². The predicted octanol–water partition coefficient (Wildman–Crippen LogP) is 2.73. The van der Waals surface area contributed by atoms with E-state index in [1.165, 1.54) is 31.4 Å². The first-order valence-corrected chi connectivity index (χ1v) is 6.93. The summed E-state index contributed by atoms with van der Waals surface area (Å²) in [6, 6.07) is 4.03. The highest BCUT2D eigenvalue weighted by Crippen LogP contribution is 2.33. The Morgan fingerprint density at radius 3 is 2.38 bits per heavy atom. The molecular formula is C16H15F3N2O3. The van der Waals surface area contributed by atoms with Crippen molar-refractivity contribution in [3.63, 3.8) is 0 Å². The van der Waals surface area contributed by atoms with Gasteiger partial charge in [0.25, 0.3) is 5.91 Å². The molecule has 1 heterocycles. The lowest BCUT2D eigenvalue weighted by molar-refractivity contribution is -0.155. The summed E-state index contributed by atoms with van der Waals surface area (Å²) in [5, 5.41) is 1.86. The number of hydrogen-bond acceptors (Lipinski definition) is 3. The van der Waals surface area contributed by atoms with Crippen molar-refractivity contribution in [1.82, 2.24) is 10.3 Å². The number of nitrogens with one attached hydrogen (secondary N) is 2. The van der Waals surface area contributed by atoms with Crippen LogP contribution in [0.3, 0.4) is 0 Å². The molecule has 2 N–H and O–H groups in total. The van der Waals surface area contributed by atoms with Crippen LogP contribution < -0.4 is 15.5 Å². The zero-order valence-corrected chi connectivity index (χ0v) is 12.9.